The van der Waals surface area contributed by atoms with Crippen molar-refractivity contribution in [2.75, 3.05) is 25.2 Å². The minimum atomic E-state index is -0.368. The van der Waals surface area contributed by atoms with Crippen LogP contribution in [0.1, 0.15) is 6.42 Å². The molecule has 76 valence electrons. The SMILES string of the molecule is CSCC[C@H](N)C(=O)NC1COC1. The second kappa shape index (κ2) is 5.47. The van der Waals surface area contributed by atoms with E-state index in [0.717, 1.165) is 12.2 Å². The lowest BCUT2D eigenvalue weighted by atomic mass is 10.2. The number of carbonyl (C=O) groups is 1. The summed E-state index contributed by atoms with van der Waals surface area (Å²) >= 11 is 1.70. The van der Waals surface area contributed by atoms with Crippen molar-refractivity contribution in [2.45, 2.75) is 18.5 Å². The summed E-state index contributed by atoms with van der Waals surface area (Å²) in [6.07, 6.45) is 2.74. The Kier molecular flexibility index (Phi) is 4.55. The van der Waals surface area contributed by atoms with E-state index in [4.69, 9.17) is 10.5 Å². The molecule has 1 atom stereocenters. The molecule has 0 bridgehead atoms. The van der Waals surface area contributed by atoms with Crippen LogP contribution < -0.4 is 11.1 Å². The Morgan fingerprint density at radius 2 is 2.46 bits per heavy atom. The summed E-state index contributed by atoms with van der Waals surface area (Å²) < 4.78 is 4.94. The van der Waals surface area contributed by atoms with Gasteiger partial charge in [-0.2, -0.15) is 11.8 Å². The Bertz CT molecular complexity index is 174. The molecule has 1 fully saturated rings. The van der Waals surface area contributed by atoms with Crippen molar-refractivity contribution in [3.63, 3.8) is 0 Å². The molecule has 0 unspecified atom stereocenters. The molecule has 5 heteroatoms. The summed E-state index contributed by atoms with van der Waals surface area (Å²) in [6.45, 7) is 1.25. The smallest absolute Gasteiger partial charge is 0.237 e. The zero-order valence-corrected chi connectivity index (χ0v) is 8.60. The first-order valence-electron chi connectivity index (χ1n) is 4.36. The molecule has 13 heavy (non-hydrogen) atoms. The summed E-state index contributed by atoms with van der Waals surface area (Å²) in [5.74, 6) is 0.873. The standard InChI is InChI=1S/C8H16N2O2S/c1-13-3-2-7(9)8(11)10-6-4-12-5-6/h6-7H,2-5,9H2,1H3,(H,10,11)/t7-/m0/s1. The van der Waals surface area contributed by atoms with E-state index in [2.05, 4.69) is 5.32 Å². The third-order valence-electron chi connectivity index (χ3n) is 1.95. The number of hydrogen-bond donors (Lipinski definition) is 2. The average Bonchev–Trinajstić information content (AvgIpc) is 2.06. The number of hydrogen-bond acceptors (Lipinski definition) is 4. The van der Waals surface area contributed by atoms with Gasteiger partial charge in [-0.15, -0.1) is 0 Å². The predicted octanol–water partition coefficient (Wildman–Crippen LogP) is -0.418. The summed E-state index contributed by atoms with van der Waals surface area (Å²) in [5, 5.41) is 2.83. The molecule has 0 saturated carbocycles. The van der Waals surface area contributed by atoms with Crippen molar-refractivity contribution in [1.82, 2.24) is 5.32 Å². The molecule has 0 aliphatic carbocycles. The quantitative estimate of drug-likeness (QED) is 0.638. The van der Waals surface area contributed by atoms with E-state index >= 15 is 0 Å². The van der Waals surface area contributed by atoms with Crippen molar-refractivity contribution in [1.29, 1.82) is 0 Å². The summed E-state index contributed by atoms with van der Waals surface area (Å²) in [6, 6.07) is -0.180. The summed E-state index contributed by atoms with van der Waals surface area (Å²) in [5.41, 5.74) is 5.66. The minimum absolute atomic E-state index is 0.0534. The molecule has 4 nitrogen and oxygen atoms in total. The van der Waals surface area contributed by atoms with E-state index in [1.54, 1.807) is 11.8 Å². The van der Waals surface area contributed by atoms with Gasteiger partial charge in [0.15, 0.2) is 0 Å². The number of amides is 1. The van der Waals surface area contributed by atoms with Gasteiger partial charge in [0, 0.05) is 0 Å². The van der Waals surface area contributed by atoms with Crippen molar-refractivity contribution in [2.24, 2.45) is 5.73 Å². The van der Waals surface area contributed by atoms with Crippen molar-refractivity contribution < 1.29 is 9.53 Å². The minimum Gasteiger partial charge on any atom is -0.377 e. The highest BCUT2D eigenvalue weighted by molar-refractivity contribution is 7.98. The molecule has 0 aromatic carbocycles. The number of ether oxygens (including phenoxy) is 1. The molecule has 0 spiro atoms. The first-order valence-corrected chi connectivity index (χ1v) is 5.76. The Hall–Kier alpha value is -0.260. The number of thioether (sulfide) groups is 1. The number of carbonyl (C=O) groups excluding carboxylic acids is 1. The molecule has 1 heterocycles. The van der Waals surface area contributed by atoms with Gasteiger partial charge < -0.3 is 15.8 Å². The van der Waals surface area contributed by atoms with Crippen LogP contribution in [0.2, 0.25) is 0 Å². The maximum absolute atomic E-state index is 11.4. The lowest BCUT2D eigenvalue weighted by Crippen LogP contribution is -2.53. The zero-order valence-electron chi connectivity index (χ0n) is 7.79. The largest absolute Gasteiger partial charge is 0.377 e. The lowest BCUT2D eigenvalue weighted by Gasteiger charge is -2.27. The highest BCUT2D eigenvalue weighted by Gasteiger charge is 2.22. The Labute approximate surface area is 82.6 Å². The van der Waals surface area contributed by atoms with Gasteiger partial charge in [-0.05, 0) is 18.4 Å². The van der Waals surface area contributed by atoms with Crippen LogP contribution in [0.4, 0.5) is 0 Å². The number of rotatable bonds is 5. The van der Waals surface area contributed by atoms with Crippen LogP contribution in [0.15, 0.2) is 0 Å². The van der Waals surface area contributed by atoms with Gasteiger partial charge in [0.25, 0.3) is 0 Å². The van der Waals surface area contributed by atoms with Gasteiger partial charge in [-0.1, -0.05) is 0 Å². The molecule has 3 N–H and O–H groups in total. The lowest BCUT2D eigenvalue weighted by molar-refractivity contribution is -0.126. The van der Waals surface area contributed by atoms with E-state index in [0.29, 0.717) is 13.2 Å². The normalized spacial score (nSPS) is 19.2. The van der Waals surface area contributed by atoms with E-state index < -0.39 is 0 Å². The highest BCUT2D eigenvalue weighted by atomic mass is 32.2. The van der Waals surface area contributed by atoms with Crippen LogP contribution in [-0.2, 0) is 9.53 Å². The van der Waals surface area contributed by atoms with Crippen LogP contribution in [-0.4, -0.2) is 43.2 Å². The molecule has 1 aliphatic rings. The Morgan fingerprint density at radius 3 is 2.92 bits per heavy atom. The number of nitrogens with one attached hydrogen (secondary N) is 1. The van der Waals surface area contributed by atoms with E-state index in [1.165, 1.54) is 0 Å². The van der Waals surface area contributed by atoms with Gasteiger partial charge in [0.05, 0.1) is 25.3 Å². The zero-order chi connectivity index (χ0) is 9.68. The van der Waals surface area contributed by atoms with Gasteiger partial charge in [0.2, 0.25) is 5.91 Å². The molecular weight excluding hydrogens is 188 g/mol. The second-order valence-electron chi connectivity index (χ2n) is 3.13. The summed E-state index contributed by atoms with van der Waals surface area (Å²) in [7, 11) is 0. The maximum atomic E-state index is 11.4. The van der Waals surface area contributed by atoms with E-state index in [9.17, 15) is 4.79 Å². The van der Waals surface area contributed by atoms with E-state index in [1.807, 2.05) is 6.26 Å². The second-order valence-corrected chi connectivity index (χ2v) is 4.12. The van der Waals surface area contributed by atoms with E-state index in [-0.39, 0.29) is 18.0 Å². The van der Waals surface area contributed by atoms with Crippen molar-refractivity contribution >= 4 is 17.7 Å². The molecule has 1 amide bonds. The average molecular weight is 204 g/mol. The first-order chi connectivity index (χ1) is 6.24. The van der Waals surface area contributed by atoms with Crippen LogP contribution >= 0.6 is 11.8 Å². The fourth-order valence-corrected chi connectivity index (χ4v) is 1.49. The van der Waals surface area contributed by atoms with Gasteiger partial charge in [-0.3, -0.25) is 4.79 Å². The Morgan fingerprint density at radius 1 is 1.77 bits per heavy atom. The first kappa shape index (κ1) is 10.8. The summed E-state index contributed by atoms with van der Waals surface area (Å²) in [4.78, 5) is 11.4. The topological polar surface area (TPSA) is 64.4 Å². The maximum Gasteiger partial charge on any atom is 0.237 e. The van der Waals surface area contributed by atoms with Crippen LogP contribution in [0.5, 0.6) is 0 Å². The van der Waals surface area contributed by atoms with Gasteiger partial charge in [-0.25, -0.2) is 0 Å². The predicted molar refractivity (Wildman–Crippen MR) is 53.7 cm³/mol. The van der Waals surface area contributed by atoms with Gasteiger partial charge in [0.1, 0.15) is 0 Å². The molecule has 1 saturated heterocycles. The van der Waals surface area contributed by atoms with Crippen LogP contribution in [0.25, 0.3) is 0 Å². The monoisotopic (exact) mass is 204 g/mol. The third-order valence-corrected chi connectivity index (χ3v) is 2.60. The molecule has 1 rings (SSSR count). The Balaban J connectivity index is 2.13. The third kappa shape index (κ3) is 3.54. The molecule has 0 aromatic heterocycles. The van der Waals surface area contributed by atoms with Gasteiger partial charge >= 0.3 is 0 Å². The number of nitrogens with two attached hydrogens (primary N) is 1. The van der Waals surface area contributed by atoms with Crippen LogP contribution in [0, 0.1) is 0 Å². The fourth-order valence-electron chi connectivity index (χ4n) is 1.00. The highest BCUT2D eigenvalue weighted by Crippen LogP contribution is 2.02. The molecule has 0 aromatic rings. The van der Waals surface area contributed by atoms with Crippen molar-refractivity contribution in [3.05, 3.63) is 0 Å². The fraction of sp³-hybridized carbons (Fsp3) is 0.875. The van der Waals surface area contributed by atoms with Crippen molar-refractivity contribution in [3.8, 4) is 0 Å². The molecule has 1 aliphatic heterocycles. The van der Waals surface area contributed by atoms with Crippen LogP contribution in [0.3, 0.4) is 0 Å². The molecule has 0 radical (unpaired) electrons. The molecular formula is C8H16N2O2S.